The summed E-state index contributed by atoms with van der Waals surface area (Å²) in [5.74, 6) is -0.0146. The Morgan fingerprint density at radius 1 is 1.10 bits per heavy atom. The number of anilines is 1. The number of ether oxygens (including phenoxy) is 1. The zero-order valence-corrected chi connectivity index (χ0v) is 19.8. The van der Waals surface area contributed by atoms with Crippen LogP contribution in [0.1, 0.15) is 28.7 Å². The van der Waals surface area contributed by atoms with Crippen LogP contribution in [0.3, 0.4) is 0 Å². The van der Waals surface area contributed by atoms with Crippen molar-refractivity contribution in [3.63, 3.8) is 0 Å². The summed E-state index contributed by atoms with van der Waals surface area (Å²) in [6, 6.07) is 9.33. The fraction of sp³-hybridized carbons (Fsp3) is 0.409. The molecule has 1 aliphatic heterocycles. The first-order valence-corrected chi connectivity index (χ1v) is 11.8. The van der Waals surface area contributed by atoms with Gasteiger partial charge in [-0.2, -0.15) is 17.0 Å². The van der Waals surface area contributed by atoms with E-state index in [4.69, 9.17) is 16.3 Å². The van der Waals surface area contributed by atoms with Crippen molar-refractivity contribution >= 4 is 33.4 Å². The SMILES string of the molecule is COc1cc(Cl)c(C)cc1NC(=O)CN1CCCN(Cc2cc(C)ccc2C)S1(=O)=O. The lowest BCUT2D eigenvalue weighted by atomic mass is 10.1. The molecule has 1 aliphatic rings. The zero-order chi connectivity index (χ0) is 22.8. The maximum absolute atomic E-state index is 13.2. The predicted octanol–water partition coefficient (Wildman–Crippen LogP) is 3.67. The lowest BCUT2D eigenvalue weighted by molar-refractivity contribution is -0.116. The first kappa shape index (κ1) is 23.5. The van der Waals surface area contributed by atoms with Crippen LogP contribution in [0.2, 0.25) is 5.02 Å². The average molecular weight is 466 g/mol. The van der Waals surface area contributed by atoms with Gasteiger partial charge >= 0.3 is 0 Å². The number of nitrogens with one attached hydrogen (secondary N) is 1. The highest BCUT2D eigenvalue weighted by Gasteiger charge is 2.35. The molecule has 0 saturated carbocycles. The predicted molar refractivity (Wildman–Crippen MR) is 123 cm³/mol. The number of rotatable bonds is 6. The van der Waals surface area contributed by atoms with Gasteiger partial charge in [-0.1, -0.05) is 35.4 Å². The highest BCUT2D eigenvalue weighted by Crippen LogP contribution is 2.31. The van der Waals surface area contributed by atoms with Crippen LogP contribution in [0.5, 0.6) is 5.75 Å². The van der Waals surface area contributed by atoms with E-state index >= 15 is 0 Å². The molecule has 1 heterocycles. The van der Waals surface area contributed by atoms with E-state index in [1.807, 2.05) is 39.0 Å². The molecule has 0 unspecified atom stereocenters. The maximum Gasteiger partial charge on any atom is 0.282 e. The number of halogens is 1. The molecular formula is C22H28ClN3O4S. The summed E-state index contributed by atoms with van der Waals surface area (Å²) in [6.07, 6.45) is 0.654. The molecule has 1 saturated heterocycles. The molecule has 0 aliphatic carbocycles. The summed E-state index contributed by atoms with van der Waals surface area (Å²) in [5.41, 5.74) is 4.33. The number of methoxy groups -OCH3 is 1. The highest BCUT2D eigenvalue weighted by atomic mass is 35.5. The number of hydrogen-bond acceptors (Lipinski definition) is 4. The van der Waals surface area contributed by atoms with Gasteiger partial charge in [0.25, 0.3) is 10.2 Å². The van der Waals surface area contributed by atoms with Crippen molar-refractivity contribution < 1.29 is 17.9 Å². The molecule has 1 amide bonds. The minimum Gasteiger partial charge on any atom is -0.495 e. The Balaban J connectivity index is 1.74. The van der Waals surface area contributed by atoms with Crippen molar-refractivity contribution in [2.75, 3.05) is 32.1 Å². The van der Waals surface area contributed by atoms with E-state index in [1.165, 1.54) is 15.7 Å². The molecule has 168 valence electrons. The third kappa shape index (κ3) is 5.38. The van der Waals surface area contributed by atoms with Crippen LogP contribution in [-0.4, -0.2) is 49.7 Å². The van der Waals surface area contributed by atoms with E-state index in [0.29, 0.717) is 36.0 Å². The molecule has 0 aromatic heterocycles. The Morgan fingerprint density at radius 3 is 2.52 bits per heavy atom. The van der Waals surface area contributed by atoms with Crippen molar-refractivity contribution in [3.8, 4) is 5.75 Å². The average Bonchev–Trinajstić information content (AvgIpc) is 2.70. The zero-order valence-electron chi connectivity index (χ0n) is 18.2. The van der Waals surface area contributed by atoms with Gasteiger partial charge in [0, 0.05) is 30.7 Å². The minimum atomic E-state index is -3.76. The summed E-state index contributed by atoms with van der Waals surface area (Å²) in [5, 5.41) is 3.27. The standard InChI is InChI=1S/C22H28ClN3O4S/c1-15-6-7-16(2)18(10-15)13-25-8-5-9-26(31(25,28)29)14-22(27)24-20-11-17(3)19(23)12-21(20)30-4/h6-7,10-12H,5,8-9,13-14H2,1-4H3,(H,24,27). The van der Waals surface area contributed by atoms with Gasteiger partial charge in [0.1, 0.15) is 5.75 Å². The van der Waals surface area contributed by atoms with Gasteiger partial charge in [-0.05, 0) is 49.9 Å². The largest absolute Gasteiger partial charge is 0.495 e. The molecule has 2 aromatic rings. The van der Waals surface area contributed by atoms with Gasteiger partial charge in [0.15, 0.2) is 0 Å². The Hall–Kier alpha value is -2.13. The molecule has 1 N–H and O–H groups in total. The van der Waals surface area contributed by atoms with E-state index in [2.05, 4.69) is 5.32 Å². The quantitative estimate of drug-likeness (QED) is 0.706. The van der Waals surface area contributed by atoms with Crippen LogP contribution >= 0.6 is 11.6 Å². The third-order valence-electron chi connectivity index (χ3n) is 5.39. The summed E-state index contributed by atoms with van der Waals surface area (Å²) in [7, 11) is -2.27. The van der Waals surface area contributed by atoms with Crippen LogP contribution in [0.4, 0.5) is 5.69 Å². The van der Waals surface area contributed by atoms with E-state index < -0.39 is 16.1 Å². The van der Waals surface area contributed by atoms with Gasteiger partial charge in [-0.15, -0.1) is 0 Å². The lowest BCUT2D eigenvalue weighted by Gasteiger charge is -2.34. The lowest BCUT2D eigenvalue weighted by Crippen LogP contribution is -2.51. The Bertz CT molecular complexity index is 1090. The Morgan fingerprint density at radius 2 is 1.81 bits per heavy atom. The molecule has 1 fully saturated rings. The highest BCUT2D eigenvalue weighted by molar-refractivity contribution is 7.86. The van der Waals surface area contributed by atoms with Crippen molar-refractivity contribution in [1.82, 2.24) is 8.61 Å². The van der Waals surface area contributed by atoms with E-state index in [0.717, 1.165) is 22.3 Å². The van der Waals surface area contributed by atoms with Gasteiger partial charge in [0.05, 0.1) is 19.3 Å². The molecule has 3 rings (SSSR count). The molecule has 9 heteroatoms. The molecule has 0 atom stereocenters. The number of benzene rings is 2. The number of carbonyl (C=O) groups is 1. The van der Waals surface area contributed by atoms with Crippen molar-refractivity contribution in [2.24, 2.45) is 0 Å². The second-order valence-electron chi connectivity index (χ2n) is 7.81. The molecule has 2 aromatic carbocycles. The van der Waals surface area contributed by atoms with Gasteiger partial charge in [-0.3, -0.25) is 4.79 Å². The second-order valence-corrected chi connectivity index (χ2v) is 10.1. The van der Waals surface area contributed by atoms with Crippen molar-refractivity contribution in [3.05, 3.63) is 57.6 Å². The molecule has 31 heavy (non-hydrogen) atoms. The Kier molecular flexibility index (Phi) is 7.26. The third-order valence-corrected chi connectivity index (χ3v) is 7.73. The van der Waals surface area contributed by atoms with Crippen molar-refractivity contribution in [1.29, 1.82) is 0 Å². The molecule has 0 spiro atoms. The van der Waals surface area contributed by atoms with Crippen LogP contribution in [0, 0.1) is 20.8 Å². The van der Waals surface area contributed by atoms with Crippen LogP contribution in [0.15, 0.2) is 30.3 Å². The van der Waals surface area contributed by atoms with E-state index in [9.17, 15) is 13.2 Å². The van der Waals surface area contributed by atoms with Crippen molar-refractivity contribution in [2.45, 2.75) is 33.7 Å². The topological polar surface area (TPSA) is 79.0 Å². The van der Waals surface area contributed by atoms with Crippen LogP contribution in [0.25, 0.3) is 0 Å². The number of hydrogen-bond donors (Lipinski definition) is 1. The van der Waals surface area contributed by atoms with Gasteiger partial charge in [0.2, 0.25) is 5.91 Å². The number of amides is 1. The number of nitrogens with zero attached hydrogens (tertiary/aromatic N) is 2. The van der Waals surface area contributed by atoms with E-state index in [-0.39, 0.29) is 13.1 Å². The minimum absolute atomic E-state index is 0.267. The fourth-order valence-corrected chi connectivity index (χ4v) is 5.36. The molecule has 0 bridgehead atoms. The Labute approximate surface area is 189 Å². The summed E-state index contributed by atoms with van der Waals surface area (Å²) < 4.78 is 34.3. The first-order chi connectivity index (χ1) is 14.6. The van der Waals surface area contributed by atoms with Crippen LogP contribution in [-0.2, 0) is 21.5 Å². The fourth-order valence-electron chi connectivity index (χ4n) is 3.58. The summed E-state index contributed by atoms with van der Waals surface area (Å²) >= 11 is 6.11. The first-order valence-electron chi connectivity index (χ1n) is 10.1. The normalized spacial score (nSPS) is 16.8. The van der Waals surface area contributed by atoms with Gasteiger partial charge in [-0.25, -0.2) is 0 Å². The van der Waals surface area contributed by atoms with E-state index in [1.54, 1.807) is 12.1 Å². The smallest absolute Gasteiger partial charge is 0.282 e. The summed E-state index contributed by atoms with van der Waals surface area (Å²) in [4.78, 5) is 12.7. The summed E-state index contributed by atoms with van der Waals surface area (Å²) in [6.45, 7) is 6.52. The van der Waals surface area contributed by atoms with Gasteiger partial charge < -0.3 is 10.1 Å². The molecule has 7 nitrogen and oxygen atoms in total. The molecular weight excluding hydrogens is 438 g/mol. The monoisotopic (exact) mass is 465 g/mol. The molecule has 0 radical (unpaired) electrons. The maximum atomic E-state index is 13.2. The number of aryl methyl sites for hydroxylation is 3. The second kappa shape index (κ2) is 9.56. The number of carbonyl (C=O) groups excluding carboxylic acids is 1. The van der Waals surface area contributed by atoms with Crippen LogP contribution < -0.4 is 10.1 Å².